The Labute approximate surface area is 120 Å². The van der Waals surface area contributed by atoms with Crippen LogP contribution in [0.3, 0.4) is 0 Å². The normalized spacial score (nSPS) is 34.2. The van der Waals surface area contributed by atoms with Gasteiger partial charge in [-0.05, 0) is 49.3 Å². The van der Waals surface area contributed by atoms with Crippen LogP contribution in [0.4, 0.5) is 4.39 Å². The highest BCUT2D eigenvalue weighted by molar-refractivity contribution is 9.10. The summed E-state index contributed by atoms with van der Waals surface area (Å²) in [5, 5.41) is 20.2. The summed E-state index contributed by atoms with van der Waals surface area (Å²) in [5.41, 5.74) is -0.562. The molecule has 0 radical (unpaired) electrons. The number of hydrogen-bond acceptors (Lipinski definition) is 2. The van der Waals surface area contributed by atoms with Gasteiger partial charge in [0.2, 0.25) is 0 Å². The highest BCUT2D eigenvalue weighted by Gasteiger charge is 2.56. The second kappa shape index (κ2) is 4.57. The molecule has 2 aliphatic carbocycles. The number of benzene rings is 1. The predicted octanol–water partition coefficient (Wildman–Crippen LogP) is 3.95. The minimum Gasteiger partial charge on any atom is -0.387 e. The number of halogens is 2. The van der Waals surface area contributed by atoms with Gasteiger partial charge in [0.1, 0.15) is 11.9 Å². The Bertz CT molecular complexity index is 556. The van der Waals surface area contributed by atoms with Crippen LogP contribution in [-0.2, 0) is 0 Å². The first kappa shape index (κ1) is 13.1. The Hall–Kier alpha value is -0.920. The molecule has 2 nitrogen and oxygen atoms in total. The molecule has 19 heavy (non-hydrogen) atoms. The van der Waals surface area contributed by atoms with Crippen molar-refractivity contribution in [1.29, 1.82) is 5.26 Å². The lowest BCUT2D eigenvalue weighted by molar-refractivity contribution is 0.0208. The molecule has 0 aliphatic heterocycles. The zero-order valence-corrected chi connectivity index (χ0v) is 12.0. The molecule has 0 heterocycles. The van der Waals surface area contributed by atoms with Gasteiger partial charge in [0.15, 0.2) is 0 Å². The minimum atomic E-state index is -1.04. The molecule has 4 unspecified atom stereocenters. The predicted molar refractivity (Wildman–Crippen MR) is 72.6 cm³/mol. The second-order valence-electron chi connectivity index (χ2n) is 5.80. The molecule has 0 saturated heterocycles. The van der Waals surface area contributed by atoms with Gasteiger partial charge in [0, 0.05) is 10.0 Å². The van der Waals surface area contributed by atoms with Crippen molar-refractivity contribution in [2.75, 3.05) is 0 Å². The monoisotopic (exact) mass is 323 g/mol. The summed E-state index contributed by atoms with van der Waals surface area (Å²) in [5.74, 6) is 0.290. The highest BCUT2D eigenvalue weighted by atomic mass is 79.9. The van der Waals surface area contributed by atoms with Gasteiger partial charge in [-0.25, -0.2) is 4.39 Å². The van der Waals surface area contributed by atoms with E-state index in [2.05, 4.69) is 22.0 Å². The van der Waals surface area contributed by atoms with Crippen molar-refractivity contribution in [3.63, 3.8) is 0 Å². The van der Waals surface area contributed by atoms with Gasteiger partial charge in [-0.1, -0.05) is 22.4 Å². The summed E-state index contributed by atoms with van der Waals surface area (Å²) in [6, 6.07) is 6.85. The van der Waals surface area contributed by atoms with Crippen LogP contribution in [-0.4, -0.2) is 5.11 Å². The molecular weight excluding hydrogens is 309 g/mol. The van der Waals surface area contributed by atoms with Gasteiger partial charge >= 0.3 is 0 Å². The Morgan fingerprint density at radius 1 is 1.47 bits per heavy atom. The lowest BCUT2D eigenvalue weighted by Crippen LogP contribution is -2.33. The number of nitrogens with zero attached hydrogens (tertiary/aromatic N) is 1. The standard InChI is InChI=1S/C15H15BrFNO/c16-11-3-4-13(17)12(6-11)14(19)15(8-18)7-9-1-2-10(15)5-9/h3-4,6,9-10,14,19H,1-2,5,7H2. The number of aliphatic hydroxyl groups is 1. The molecule has 0 spiro atoms. The summed E-state index contributed by atoms with van der Waals surface area (Å²) in [6.45, 7) is 0. The molecule has 1 N–H and O–H groups in total. The molecule has 100 valence electrons. The van der Waals surface area contributed by atoms with Crippen LogP contribution in [0.5, 0.6) is 0 Å². The molecule has 2 bridgehead atoms. The van der Waals surface area contributed by atoms with E-state index in [1.807, 2.05) is 0 Å². The zero-order valence-electron chi connectivity index (χ0n) is 10.4. The van der Waals surface area contributed by atoms with E-state index in [0.717, 1.165) is 23.7 Å². The fourth-order valence-electron chi connectivity index (χ4n) is 3.91. The lowest BCUT2D eigenvalue weighted by Gasteiger charge is -2.35. The number of hydrogen-bond donors (Lipinski definition) is 1. The van der Waals surface area contributed by atoms with Gasteiger partial charge in [-0.2, -0.15) is 5.26 Å². The zero-order chi connectivity index (χ0) is 13.6. The molecule has 0 amide bonds. The Morgan fingerprint density at radius 3 is 2.84 bits per heavy atom. The van der Waals surface area contributed by atoms with Gasteiger partial charge in [0.05, 0.1) is 11.5 Å². The van der Waals surface area contributed by atoms with E-state index >= 15 is 0 Å². The molecule has 1 aromatic rings. The Kier molecular flexibility index (Phi) is 3.15. The van der Waals surface area contributed by atoms with Crippen LogP contribution in [0.25, 0.3) is 0 Å². The maximum atomic E-state index is 13.9. The summed E-state index contributed by atoms with van der Waals surface area (Å²) >= 11 is 3.29. The first-order valence-electron chi connectivity index (χ1n) is 6.61. The molecule has 2 saturated carbocycles. The molecular formula is C15H15BrFNO. The first-order chi connectivity index (χ1) is 9.06. The van der Waals surface area contributed by atoms with Crippen molar-refractivity contribution < 1.29 is 9.50 Å². The van der Waals surface area contributed by atoms with Crippen molar-refractivity contribution in [2.24, 2.45) is 17.3 Å². The van der Waals surface area contributed by atoms with Crippen molar-refractivity contribution >= 4 is 15.9 Å². The molecule has 2 fully saturated rings. The van der Waals surface area contributed by atoms with Crippen molar-refractivity contribution in [2.45, 2.75) is 31.8 Å². The molecule has 1 aromatic carbocycles. The fraction of sp³-hybridized carbons (Fsp3) is 0.533. The van der Waals surface area contributed by atoms with Crippen LogP contribution >= 0.6 is 15.9 Å². The molecule has 0 aromatic heterocycles. The van der Waals surface area contributed by atoms with E-state index in [1.165, 1.54) is 6.07 Å². The molecule has 3 rings (SSSR count). The largest absolute Gasteiger partial charge is 0.387 e. The average Bonchev–Trinajstić information content (AvgIpc) is 3.01. The van der Waals surface area contributed by atoms with Crippen LogP contribution < -0.4 is 0 Å². The van der Waals surface area contributed by atoms with Gasteiger partial charge in [-0.3, -0.25) is 0 Å². The van der Waals surface area contributed by atoms with E-state index < -0.39 is 17.3 Å². The van der Waals surface area contributed by atoms with Crippen LogP contribution in [0.1, 0.15) is 37.4 Å². The molecule has 4 heteroatoms. The van der Waals surface area contributed by atoms with E-state index in [1.54, 1.807) is 12.1 Å². The third-order valence-electron chi connectivity index (χ3n) is 4.84. The van der Waals surface area contributed by atoms with Gasteiger partial charge in [-0.15, -0.1) is 0 Å². The van der Waals surface area contributed by atoms with Gasteiger partial charge in [0.25, 0.3) is 0 Å². The lowest BCUT2D eigenvalue weighted by atomic mass is 9.68. The summed E-state index contributed by atoms with van der Waals surface area (Å²) in [7, 11) is 0. The maximum absolute atomic E-state index is 13.9. The second-order valence-corrected chi connectivity index (χ2v) is 6.72. The molecule has 4 atom stereocenters. The summed E-state index contributed by atoms with van der Waals surface area (Å²) in [4.78, 5) is 0. The average molecular weight is 324 g/mol. The Balaban J connectivity index is 2.01. The first-order valence-corrected chi connectivity index (χ1v) is 7.40. The highest BCUT2D eigenvalue weighted by Crippen LogP contribution is 2.60. The van der Waals surface area contributed by atoms with Crippen molar-refractivity contribution in [3.05, 3.63) is 34.1 Å². The van der Waals surface area contributed by atoms with Gasteiger partial charge < -0.3 is 5.11 Å². The summed E-state index contributed by atoms with van der Waals surface area (Å²) < 4.78 is 14.7. The fourth-order valence-corrected chi connectivity index (χ4v) is 4.29. The minimum absolute atomic E-state index is 0.205. The van der Waals surface area contributed by atoms with E-state index in [0.29, 0.717) is 12.3 Å². The SMILES string of the molecule is N#CC1(C(O)c2cc(Br)ccc2F)CC2CCC1C2. The third kappa shape index (κ3) is 1.91. The Morgan fingerprint density at radius 2 is 2.26 bits per heavy atom. The molecule has 2 aliphatic rings. The summed E-state index contributed by atoms with van der Waals surface area (Å²) in [6.07, 6.45) is 2.78. The third-order valence-corrected chi connectivity index (χ3v) is 5.34. The van der Waals surface area contributed by atoms with E-state index in [-0.39, 0.29) is 11.5 Å². The van der Waals surface area contributed by atoms with Crippen LogP contribution in [0.15, 0.2) is 22.7 Å². The van der Waals surface area contributed by atoms with Crippen LogP contribution in [0, 0.1) is 34.4 Å². The smallest absolute Gasteiger partial charge is 0.129 e. The topological polar surface area (TPSA) is 44.0 Å². The number of aliphatic hydroxyl groups excluding tert-OH is 1. The van der Waals surface area contributed by atoms with Crippen LogP contribution in [0.2, 0.25) is 0 Å². The maximum Gasteiger partial charge on any atom is 0.129 e. The number of nitriles is 1. The van der Waals surface area contributed by atoms with Crippen molar-refractivity contribution in [1.82, 2.24) is 0 Å². The number of rotatable bonds is 2. The quantitative estimate of drug-likeness (QED) is 0.895. The number of fused-ring (bicyclic) bond motifs is 2. The van der Waals surface area contributed by atoms with Crippen molar-refractivity contribution in [3.8, 4) is 6.07 Å². The van der Waals surface area contributed by atoms with E-state index in [9.17, 15) is 14.8 Å². The van der Waals surface area contributed by atoms with E-state index in [4.69, 9.17) is 0 Å².